The van der Waals surface area contributed by atoms with Crippen LogP contribution in [-0.4, -0.2) is 9.13 Å². The number of anilines is 3. The summed E-state index contributed by atoms with van der Waals surface area (Å²) in [7, 11) is 0. The van der Waals surface area contributed by atoms with Gasteiger partial charge in [-0.3, -0.25) is 0 Å². The first-order chi connectivity index (χ1) is 29.5. The Balaban J connectivity index is 0.953. The number of para-hydroxylation sites is 4. The molecule has 0 saturated heterocycles. The lowest BCUT2D eigenvalue weighted by Gasteiger charge is -2.28. The largest absolute Gasteiger partial charge is 0.310 e. The minimum atomic E-state index is -0.0832. The van der Waals surface area contributed by atoms with Gasteiger partial charge in [-0.1, -0.05) is 129 Å². The molecule has 1 aliphatic carbocycles. The molecule has 3 heteroatoms. The molecule has 3 nitrogen and oxygen atoms in total. The number of rotatable bonds is 6. The molecule has 0 saturated carbocycles. The van der Waals surface area contributed by atoms with Gasteiger partial charge in [-0.05, 0) is 130 Å². The molecule has 0 aliphatic heterocycles. The van der Waals surface area contributed by atoms with E-state index in [1.807, 2.05) is 0 Å². The van der Waals surface area contributed by atoms with Gasteiger partial charge in [0.05, 0.1) is 22.1 Å². The van der Waals surface area contributed by atoms with Gasteiger partial charge in [0.25, 0.3) is 0 Å². The molecular formula is C57H41N3. The Bertz CT molecular complexity index is 3440. The van der Waals surface area contributed by atoms with E-state index in [1.165, 1.54) is 82.7 Å². The van der Waals surface area contributed by atoms with Crippen LogP contribution in [0.1, 0.15) is 25.0 Å². The number of aromatic nitrogens is 2. The quantitative estimate of drug-likeness (QED) is 0.164. The van der Waals surface area contributed by atoms with Crippen LogP contribution in [0, 0.1) is 0 Å². The minimum absolute atomic E-state index is 0.0832. The third kappa shape index (κ3) is 5.15. The Morgan fingerprint density at radius 2 is 0.800 bits per heavy atom. The van der Waals surface area contributed by atoms with Gasteiger partial charge in [0.15, 0.2) is 0 Å². The van der Waals surface area contributed by atoms with E-state index in [2.05, 4.69) is 240 Å². The van der Waals surface area contributed by atoms with Crippen molar-refractivity contribution in [1.29, 1.82) is 0 Å². The SMILES string of the molecule is CC1(C)c2ccccc2-c2ccc(N(c3ccccc3)c3ccc(-n4c5ccccc5c5cc(-c6ccc7c(c6)c6ccccc6n7-c6ccccc6)ccc54)cc3)cc21. The van der Waals surface area contributed by atoms with Crippen molar-refractivity contribution in [3.8, 4) is 33.6 Å². The zero-order valence-corrected chi connectivity index (χ0v) is 33.5. The highest BCUT2D eigenvalue weighted by molar-refractivity contribution is 6.12. The maximum atomic E-state index is 2.41. The smallest absolute Gasteiger partial charge is 0.0541 e. The molecule has 0 fully saturated rings. The van der Waals surface area contributed by atoms with Crippen molar-refractivity contribution in [2.24, 2.45) is 0 Å². The molecule has 0 amide bonds. The molecule has 60 heavy (non-hydrogen) atoms. The Labute approximate surface area is 349 Å². The monoisotopic (exact) mass is 767 g/mol. The van der Waals surface area contributed by atoms with E-state index >= 15 is 0 Å². The van der Waals surface area contributed by atoms with E-state index < -0.39 is 0 Å². The lowest BCUT2D eigenvalue weighted by atomic mass is 9.82. The second-order valence-corrected chi connectivity index (χ2v) is 16.6. The Kier molecular flexibility index (Phi) is 7.58. The number of nitrogens with zero attached hydrogens (tertiary/aromatic N) is 3. The fourth-order valence-electron chi connectivity index (χ4n) is 10.0. The maximum Gasteiger partial charge on any atom is 0.0541 e. The van der Waals surface area contributed by atoms with Crippen molar-refractivity contribution < 1.29 is 0 Å². The fourth-order valence-corrected chi connectivity index (χ4v) is 10.0. The van der Waals surface area contributed by atoms with Crippen molar-refractivity contribution in [2.75, 3.05) is 4.90 Å². The summed E-state index contributed by atoms with van der Waals surface area (Å²) in [6.07, 6.45) is 0. The van der Waals surface area contributed by atoms with Crippen LogP contribution in [0.15, 0.2) is 212 Å². The first-order valence-electron chi connectivity index (χ1n) is 20.9. The molecule has 0 unspecified atom stereocenters. The number of hydrogen-bond acceptors (Lipinski definition) is 1. The van der Waals surface area contributed by atoms with E-state index in [4.69, 9.17) is 0 Å². The van der Waals surface area contributed by atoms with Gasteiger partial charge in [0, 0.05) is 55.4 Å². The molecule has 0 spiro atoms. The van der Waals surface area contributed by atoms with Crippen molar-refractivity contribution in [1.82, 2.24) is 9.13 Å². The van der Waals surface area contributed by atoms with Gasteiger partial charge < -0.3 is 14.0 Å². The van der Waals surface area contributed by atoms with Gasteiger partial charge in [0.1, 0.15) is 0 Å². The van der Waals surface area contributed by atoms with E-state index in [0.29, 0.717) is 0 Å². The third-order valence-electron chi connectivity index (χ3n) is 12.9. The van der Waals surface area contributed by atoms with Crippen LogP contribution in [0.3, 0.4) is 0 Å². The summed E-state index contributed by atoms with van der Waals surface area (Å²) in [5.41, 5.74) is 18.3. The van der Waals surface area contributed by atoms with Crippen molar-refractivity contribution in [3.63, 3.8) is 0 Å². The van der Waals surface area contributed by atoms with E-state index in [0.717, 1.165) is 22.7 Å². The number of benzene rings is 9. The standard InChI is InChI=1S/C57H41N3/c1-57(2)51-22-12-9-19-45(51)46-32-31-44(37-52(46)57)58(40-15-5-3-6-16-40)42-27-29-43(30-28-42)60-54-24-14-11-21-48(54)50-36-39(26-34-56(50)60)38-25-33-55-49(35-38)47-20-10-13-23-53(47)59(55)41-17-7-4-8-18-41/h3-37H,1-2H3. The summed E-state index contributed by atoms with van der Waals surface area (Å²) in [6.45, 7) is 4.70. The molecule has 2 heterocycles. The van der Waals surface area contributed by atoms with Crippen molar-refractivity contribution >= 4 is 60.7 Å². The summed E-state index contributed by atoms with van der Waals surface area (Å²) in [5, 5.41) is 5.00. The molecule has 2 aromatic heterocycles. The first kappa shape index (κ1) is 34.4. The average molecular weight is 768 g/mol. The summed E-state index contributed by atoms with van der Waals surface area (Å²) < 4.78 is 4.79. The van der Waals surface area contributed by atoms with Gasteiger partial charge >= 0.3 is 0 Å². The van der Waals surface area contributed by atoms with Crippen LogP contribution in [0.25, 0.3) is 77.2 Å². The third-order valence-corrected chi connectivity index (χ3v) is 12.9. The van der Waals surface area contributed by atoms with E-state index in [1.54, 1.807) is 0 Å². The van der Waals surface area contributed by atoms with Gasteiger partial charge in [-0.2, -0.15) is 0 Å². The fraction of sp³-hybridized carbons (Fsp3) is 0.0526. The van der Waals surface area contributed by atoms with Crippen LogP contribution >= 0.6 is 0 Å². The predicted octanol–water partition coefficient (Wildman–Crippen LogP) is 15.3. The Hall–Kier alpha value is -7.62. The first-order valence-corrected chi connectivity index (χ1v) is 20.9. The summed E-state index contributed by atoms with van der Waals surface area (Å²) in [6, 6.07) is 77.8. The van der Waals surface area contributed by atoms with Crippen LogP contribution in [0.5, 0.6) is 0 Å². The summed E-state index contributed by atoms with van der Waals surface area (Å²) in [4.78, 5) is 2.38. The topological polar surface area (TPSA) is 13.1 Å². The van der Waals surface area contributed by atoms with Crippen LogP contribution < -0.4 is 4.90 Å². The normalized spacial score (nSPS) is 13.0. The molecular weight excluding hydrogens is 727 g/mol. The number of fused-ring (bicyclic) bond motifs is 9. The van der Waals surface area contributed by atoms with Crippen molar-refractivity contribution in [3.05, 3.63) is 223 Å². The van der Waals surface area contributed by atoms with Crippen LogP contribution in [0.4, 0.5) is 17.1 Å². The summed E-state index contributed by atoms with van der Waals surface area (Å²) in [5.74, 6) is 0. The maximum absolute atomic E-state index is 2.41. The lowest BCUT2D eigenvalue weighted by molar-refractivity contribution is 0.660. The van der Waals surface area contributed by atoms with Crippen LogP contribution in [0.2, 0.25) is 0 Å². The van der Waals surface area contributed by atoms with E-state index in [9.17, 15) is 0 Å². The van der Waals surface area contributed by atoms with Crippen molar-refractivity contribution in [2.45, 2.75) is 19.3 Å². The molecule has 0 atom stereocenters. The molecule has 12 rings (SSSR count). The molecule has 11 aromatic rings. The van der Waals surface area contributed by atoms with Gasteiger partial charge in [-0.25, -0.2) is 0 Å². The molecule has 0 N–H and O–H groups in total. The predicted molar refractivity (Wildman–Crippen MR) is 253 cm³/mol. The van der Waals surface area contributed by atoms with Gasteiger partial charge in [-0.15, -0.1) is 0 Å². The lowest BCUT2D eigenvalue weighted by Crippen LogP contribution is -2.16. The zero-order chi connectivity index (χ0) is 40.0. The second-order valence-electron chi connectivity index (χ2n) is 16.6. The van der Waals surface area contributed by atoms with E-state index in [-0.39, 0.29) is 5.41 Å². The minimum Gasteiger partial charge on any atom is -0.310 e. The molecule has 0 radical (unpaired) electrons. The van der Waals surface area contributed by atoms with Crippen LogP contribution in [-0.2, 0) is 5.41 Å². The molecule has 1 aliphatic rings. The summed E-state index contributed by atoms with van der Waals surface area (Å²) >= 11 is 0. The highest BCUT2D eigenvalue weighted by Gasteiger charge is 2.35. The zero-order valence-electron chi connectivity index (χ0n) is 33.5. The Morgan fingerprint density at radius 3 is 1.43 bits per heavy atom. The molecule has 284 valence electrons. The second kappa shape index (κ2) is 13.2. The highest BCUT2D eigenvalue weighted by atomic mass is 15.1. The average Bonchev–Trinajstić information content (AvgIpc) is 3.90. The number of hydrogen-bond donors (Lipinski definition) is 0. The molecule has 0 bridgehead atoms. The highest BCUT2D eigenvalue weighted by Crippen LogP contribution is 2.50. The Morgan fingerprint density at radius 1 is 0.333 bits per heavy atom. The van der Waals surface area contributed by atoms with Gasteiger partial charge in [0.2, 0.25) is 0 Å². The molecule has 9 aromatic carbocycles.